The summed E-state index contributed by atoms with van der Waals surface area (Å²) in [5.74, 6) is -12.3. The molecule has 33 heteroatoms. The largest absolute Gasteiger partial charge is 0.508 e. The lowest BCUT2D eigenvalue weighted by Crippen LogP contribution is -2.62. The van der Waals surface area contributed by atoms with Crippen molar-refractivity contribution in [3.8, 4) is 5.75 Å². The highest BCUT2D eigenvalue weighted by molar-refractivity contribution is 6.01. The minimum atomic E-state index is -1.39. The van der Waals surface area contributed by atoms with E-state index >= 15 is 14.4 Å². The third kappa shape index (κ3) is 29.6. The van der Waals surface area contributed by atoms with Crippen LogP contribution in [0.4, 0.5) is 0 Å². The molecule has 0 aromatic heterocycles. The van der Waals surface area contributed by atoms with Crippen molar-refractivity contribution in [1.29, 1.82) is 0 Å². The topological polar surface area (TPSA) is 505 Å². The van der Waals surface area contributed by atoms with Crippen LogP contribution in [0.15, 0.2) is 24.3 Å². The molecule has 20 N–H and O–H groups in total. The standard InChI is InChI=1S/C81H138N18O15/c1-46(2)42-58-72(105)87-57(27-16-20-38-85)71(104)96-67(51(11)12)81(114)99-41-23-30-64(99)80(113)98-40-22-28-62(98)75(108)92-60(44-48(5)6)73(106)86-56(26-15-19-37-84)70(103)94-65(49(7)8)77(110)88-54(24-13-17-35-82)69(102)91-59(43-47(3)4)74(107)93-61(45-52-31-33-53(100)34-32-52)79(112)97-39-21-29-63(97)76(109)95-66(50(9)10)78(111)89-55(68(101)90-58)25-14-18-36-83/h31-34,46-51,54-67,100H,13-30,35-45,82-85H2,1-12H3,(H,86,106)(H,87,105)(H,88,110)(H,89,111)(H,90,101)(H,91,102)(H,92,108)(H,93,107)(H,94,103)(H,95,109)(H,96,104)/t54-,55-,56-,57-,58-,59-,60-,61+,62-,63-,64+,65-,66-,67-/m0/s1. The van der Waals surface area contributed by atoms with Crippen LogP contribution in [-0.4, -0.2) is 233 Å². The van der Waals surface area contributed by atoms with Gasteiger partial charge in [0.1, 0.15) is 90.3 Å². The molecular weight excluding hydrogens is 1470 g/mol. The summed E-state index contributed by atoms with van der Waals surface area (Å²) < 4.78 is 0. The second-order valence-corrected chi connectivity index (χ2v) is 33.6. The quantitative estimate of drug-likeness (QED) is 0.0544. The number of fused-ring (bicyclic) bond motifs is 3. The summed E-state index contributed by atoms with van der Waals surface area (Å²) in [6.07, 6.45) is 5.33. The van der Waals surface area contributed by atoms with Crippen LogP contribution < -0.4 is 81.4 Å². The summed E-state index contributed by atoms with van der Waals surface area (Å²) in [6, 6.07) is -11.5. The van der Waals surface area contributed by atoms with Gasteiger partial charge in [0.05, 0.1) is 0 Å². The number of rotatable bonds is 27. The lowest BCUT2D eigenvalue weighted by atomic mass is 9.98. The normalized spacial score (nSPS) is 26.9. The molecular formula is C81H138N18O15. The van der Waals surface area contributed by atoms with E-state index in [1.165, 1.54) is 26.8 Å². The van der Waals surface area contributed by atoms with Crippen LogP contribution in [0.25, 0.3) is 0 Å². The number of amides is 14. The predicted molar refractivity (Wildman–Crippen MR) is 432 cm³/mol. The number of carbonyl (C=O) groups excluding carboxylic acids is 14. The Kier molecular flexibility index (Phi) is 40.5. The van der Waals surface area contributed by atoms with Gasteiger partial charge in [0.15, 0.2) is 0 Å². The van der Waals surface area contributed by atoms with Crippen LogP contribution in [0.2, 0.25) is 0 Å². The lowest BCUT2D eigenvalue weighted by molar-refractivity contribution is -0.148. The molecule has 4 saturated heterocycles. The van der Waals surface area contributed by atoms with Crippen molar-refractivity contribution in [2.75, 3.05) is 45.8 Å². The van der Waals surface area contributed by atoms with E-state index < -0.39 is 185 Å². The fourth-order valence-corrected chi connectivity index (χ4v) is 15.2. The molecule has 114 heavy (non-hydrogen) atoms. The highest BCUT2D eigenvalue weighted by Crippen LogP contribution is 2.29. The first kappa shape index (κ1) is 96.0. The average Bonchev–Trinajstić information content (AvgIpc) is 1.67. The zero-order valence-electron chi connectivity index (χ0n) is 69.7. The fraction of sp³-hybridized carbons (Fsp3) is 0.753. The Balaban J connectivity index is 1.62. The van der Waals surface area contributed by atoms with E-state index in [2.05, 4.69) is 58.5 Å². The van der Waals surface area contributed by atoms with Gasteiger partial charge in [-0.25, -0.2) is 0 Å². The molecule has 1 aromatic carbocycles. The molecule has 4 aliphatic rings. The zero-order valence-corrected chi connectivity index (χ0v) is 69.7. The molecule has 4 fully saturated rings. The molecule has 1 aromatic rings. The Morgan fingerprint density at radius 2 is 0.588 bits per heavy atom. The maximum Gasteiger partial charge on any atom is 0.246 e. The first-order chi connectivity index (χ1) is 54.0. The van der Waals surface area contributed by atoms with Crippen LogP contribution >= 0.6 is 0 Å². The Morgan fingerprint density at radius 3 is 0.939 bits per heavy atom. The third-order valence-corrected chi connectivity index (χ3v) is 21.6. The maximum atomic E-state index is 15.3. The van der Waals surface area contributed by atoms with Gasteiger partial charge in [-0.1, -0.05) is 95.2 Å². The van der Waals surface area contributed by atoms with Crippen molar-refractivity contribution in [3.05, 3.63) is 29.8 Å². The summed E-state index contributed by atoms with van der Waals surface area (Å²) in [6.45, 7) is 22.6. The second kappa shape index (κ2) is 48.1. The maximum absolute atomic E-state index is 15.3. The van der Waals surface area contributed by atoms with Crippen LogP contribution in [0, 0.1) is 35.5 Å². The van der Waals surface area contributed by atoms with Gasteiger partial charge in [0.25, 0.3) is 0 Å². The molecule has 33 nitrogen and oxygen atoms in total. The highest BCUT2D eigenvalue weighted by Gasteiger charge is 2.47. The number of phenols is 1. The molecule has 0 radical (unpaired) electrons. The van der Waals surface area contributed by atoms with Crippen LogP contribution in [0.5, 0.6) is 5.75 Å². The number of phenolic OH excluding ortho intramolecular Hbond substituents is 1. The van der Waals surface area contributed by atoms with Gasteiger partial charge in [-0.15, -0.1) is 0 Å². The first-order valence-electron chi connectivity index (χ1n) is 41.9. The number of unbranched alkanes of at least 4 members (excludes halogenated alkanes) is 4. The van der Waals surface area contributed by atoms with E-state index in [9.17, 15) is 57.8 Å². The Bertz CT molecular complexity index is 3360. The van der Waals surface area contributed by atoms with Gasteiger partial charge in [-0.3, -0.25) is 67.1 Å². The summed E-state index contributed by atoms with van der Waals surface area (Å²) in [5, 5.41) is 41.7. The second-order valence-electron chi connectivity index (χ2n) is 33.6. The number of nitrogens with one attached hydrogen (secondary N) is 11. The van der Waals surface area contributed by atoms with Crippen molar-refractivity contribution in [3.63, 3.8) is 0 Å². The van der Waals surface area contributed by atoms with Gasteiger partial charge in [-0.05, 0) is 214 Å². The van der Waals surface area contributed by atoms with E-state index in [1.807, 2.05) is 41.5 Å². The number of hydrogen-bond donors (Lipinski definition) is 16. The molecule has 14 amide bonds. The summed E-state index contributed by atoms with van der Waals surface area (Å²) >= 11 is 0. The monoisotopic (exact) mass is 1600 g/mol. The fourth-order valence-electron chi connectivity index (χ4n) is 15.2. The minimum Gasteiger partial charge on any atom is -0.508 e. The molecule has 4 heterocycles. The van der Waals surface area contributed by atoms with E-state index in [4.69, 9.17) is 22.9 Å². The van der Waals surface area contributed by atoms with E-state index in [0.717, 1.165) is 0 Å². The molecule has 0 unspecified atom stereocenters. The predicted octanol–water partition coefficient (Wildman–Crippen LogP) is 0.876. The summed E-state index contributed by atoms with van der Waals surface area (Å²) in [5.41, 5.74) is 24.2. The smallest absolute Gasteiger partial charge is 0.246 e. The van der Waals surface area contributed by atoms with Crippen molar-refractivity contribution >= 4 is 82.7 Å². The molecule has 5 rings (SSSR count). The highest BCUT2D eigenvalue weighted by atomic mass is 16.3. The number of nitrogens with zero attached hydrogens (tertiary/aromatic N) is 3. The molecule has 0 saturated carbocycles. The lowest BCUT2D eigenvalue weighted by Gasteiger charge is -2.34. The van der Waals surface area contributed by atoms with E-state index in [1.54, 1.807) is 53.7 Å². The van der Waals surface area contributed by atoms with Gasteiger partial charge >= 0.3 is 0 Å². The molecule has 0 spiro atoms. The molecule has 4 aliphatic heterocycles. The zero-order chi connectivity index (χ0) is 84.6. The Labute approximate surface area is 674 Å². The number of carbonyl (C=O) groups is 14. The van der Waals surface area contributed by atoms with Crippen LogP contribution in [0.3, 0.4) is 0 Å². The van der Waals surface area contributed by atoms with Crippen molar-refractivity contribution in [2.24, 2.45) is 58.4 Å². The third-order valence-electron chi connectivity index (χ3n) is 21.6. The van der Waals surface area contributed by atoms with Gasteiger partial charge in [-0.2, -0.15) is 0 Å². The first-order valence-corrected chi connectivity index (χ1v) is 41.9. The van der Waals surface area contributed by atoms with Crippen molar-refractivity contribution in [1.82, 2.24) is 73.2 Å². The SMILES string of the molecule is CC(C)C[C@@H]1NC(=O)[C@H](CCCCN)NC(=O)[C@H](C(C)C)NC(=O)[C@@H]2CCCN2C(=O)[C@@H](Cc2ccc(O)cc2)NC(=O)[C@H](CC(C)C)NC(=O)[C@H](CCCCN)NC(=O)[C@H](C(C)C)NC(=O)[C@H](CCCCN)NC(=O)[C@H](CC(C)C)NC(=O)[C@@H]2CCCN2C(=O)[C@H]2CCCN2C(=O)[C@H](C(C)C)NC(=O)[C@H](CCCCN)NC1=O. The van der Waals surface area contributed by atoms with Gasteiger partial charge in [0.2, 0.25) is 82.7 Å². The van der Waals surface area contributed by atoms with Crippen molar-refractivity contribution in [2.45, 2.75) is 309 Å². The van der Waals surface area contributed by atoms with Gasteiger partial charge < -0.3 is 101 Å². The van der Waals surface area contributed by atoms with Crippen molar-refractivity contribution < 1.29 is 72.2 Å². The number of hydrogen-bond acceptors (Lipinski definition) is 19. The Hall–Kier alpha value is -8.56. The number of nitrogens with two attached hydrogens (primary N) is 4. The number of benzene rings is 1. The van der Waals surface area contributed by atoms with E-state index in [-0.39, 0.29) is 140 Å². The summed E-state index contributed by atoms with van der Waals surface area (Å²) in [4.78, 5) is 212. The van der Waals surface area contributed by atoms with Crippen LogP contribution in [-0.2, 0) is 73.5 Å². The van der Waals surface area contributed by atoms with Crippen LogP contribution in [0.1, 0.15) is 223 Å². The summed E-state index contributed by atoms with van der Waals surface area (Å²) in [7, 11) is 0. The Morgan fingerprint density at radius 1 is 0.316 bits per heavy atom. The van der Waals surface area contributed by atoms with E-state index in [0.29, 0.717) is 76.2 Å². The minimum absolute atomic E-state index is 0.0375. The average molecular weight is 1600 g/mol. The molecule has 14 atom stereocenters. The molecule has 642 valence electrons. The van der Waals surface area contributed by atoms with Gasteiger partial charge in [0, 0.05) is 26.1 Å². The molecule has 0 aliphatic carbocycles. The molecule has 0 bridgehead atoms. The number of aromatic hydroxyl groups is 1.